The van der Waals surface area contributed by atoms with Crippen LogP contribution in [0.5, 0.6) is 0 Å². The molecule has 19 heteroatoms. The number of allylic oxidation sites excluding steroid dienone is 4. The summed E-state index contributed by atoms with van der Waals surface area (Å²) in [4.78, 5) is 11.7. The summed E-state index contributed by atoms with van der Waals surface area (Å²) in [6.07, 6.45) is 3.32. The van der Waals surface area contributed by atoms with Crippen molar-refractivity contribution in [1.82, 2.24) is 0 Å². The number of hydrogen-bond acceptors (Lipinski definition) is 2. The van der Waals surface area contributed by atoms with Gasteiger partial charge in [0.1, 0.15) is 0 Å². The van der Waals surface area contributed by atoms with Crippen LogP contribution in [-0.2, 0) is 9.53 Å². The number of ether oxygens (including phenoxy) is 1. The van der Waals surface area contributed by atoms with Crippen molar-refractivity contribution in [1.29, 1.82) is 0 Å². The molecule has 0 radical (unpaired) electrons. The van der Waals surface area contributed by atoms with Gasteiger partial charge in [0.2, 0.25) is 0 Å². The van der Waals surface area contributed by atoms with E-state index < -0.39 is 66.1 Å². The number of carbonyl (C=O) groups excluding carboxylic acids is 1. The zero-order valence-electron chi connectivity index (χ0n) is 25.1. The third-order valence-corrected chi connectivity index (χ3v) is 6.90. The van der Waals surface area contributed by atoms with E-state index in [1.165, 1.54) is 0 Å². The van der Waals surface area contributed by atoms with E-state index in [4.69, 9.17) is 0 Å². The Kier molecular flexibility index (Phi) is 16.1. The van der Waals surface area contributed by atoms with E-state index in [-0.39, 0.29) is 19.8 Å². The van der Waals surface area contributed by atoms with E-state index in [2.05, 4.69) is 17.7 Å². The van der Waals surface area contributed by atoms with E-state index in [1.807, 2.05) is 18.2 Å². The first-order valence-electron chi connectivity index (χ1n) is 14.3. The molecular weight excluding hydrogens is 691 g/mol. The molecule has 0 aromatic carbocycles. The van der Waals surface area contributed by atoms with E-state index in [0.29, 0.717) is 19.3 Å². The largest absolute Gasteiger partial charge is 0.460 e. The van der Waals surface area contributed by atoms with Crippen LogP contribution >= 0.6 is 0 Å². The van der Waals surface area contributed by atoms with Crippen LogP contribution in [0.4, 0.5) is 74.6 Å². The summed E-state index contributed by atoms with van der Waals surface area (Å²) in [7, 11) is 0. The molecule has 0 saturated heterocycles. The molecule has 1 unspecified atom stereocenters. The third-order valence-electron chi connectivity index (χ3n) is 6.90. The van der Waals surface area contributed by atoms with Crippen LogP contribution in [0.2, 0.25) is 0 Å². The molecular formula is C28H35F17O2. The lowest BCUT2D eigenvalue weighted by atomic mass is 9.88. The van der Waals surface area contributed by atoms with Crippen LogP contribution < -0.4 is 0 Å². The Balaban J connectivity index is 5.20. The van der Waals surface area contributed by atoms with E-state index >= 15 is 0 Å². The molecule has 0 heterocycles. The second kappa shape index (κ2) is 16.9. The normalized spacial score (nSPS) is 15.6. The molecule has 0 aliphatic heterocycles. The summed E-state index contributed by atoms with van der Waals surface area (Å²) in [5, 5.41) is 0. The lowest BCUT2D eigenvalue weighted by Gasteiger charge is -2.43. The van der Waals surface area contributed by atoms with Gasteiger partial charge in [-0.05, 0) is 45.4 Å². The van der Waals surface area contributed by atoms with Crippen LogP contribution in [0.3, 0.4) is 0 Å². The summed E-state index contributed by atoms with van der Waals surface area (Å²) in [6, 6.07) is 0. The third kappa shape index (κ3) is 9.91. The standard InChI is InChI=1S/C28H35F17O2/c1-3-4-5-6-7-8-9-10-11-12-13-14-15-16-17-18-20(46)47-19(2)21(29,30)22(31,32)23(33,34)24(35,36)25(37,38)26(39,40)27(41,42)28(43,44)45/h7-8,10-11,19H,3-6,9,12-18H2,1-2H3/b8-7-,11-10-. The number of esters is 1. The van der Waals surface area contributed by atoms with Crippen molar-refractivity contribution in [2.75, 3.05) is 0 Å². The van der Waals surface area contributed by atoms with Gasteiger partial charge in [-0.2, -0.15) is 74.6 Å². The Morgan fingerprint density at radius 3 is 1.36 bits per heavy atom. The first-order valence-corrected chi connectivity index (χ1v) is 14.3. The zero-order valence-corrected chi connectivity index (χ0v) is 25.1. The Labute approximate surface area is 259 Å². The second-order valence-corrected chi connectivity index (χ2v) is 10.7. The minimum absolute atomic E-state index is 0.130. The molecule has 0 fully saturated rings. The molecule has 0 aromatic rings. The van der Waals surface area contributed by atoms with E-state index in [1.54, 1.807) is 0 Å². The molecule has 2 nitrogen and oxygen atoms in total. The van der Waals surface area contributed by atoms with Gasteiger partial charge < -0.3 is 4.74 Å². The van der Waals surface area contributed by atoms with Gasteiger partial charge in [-0.25, -0.2) is 0 Å². The van der Waals surface area contributed by atoms with Gasteiger partial charge in [0, 0.05) is 6.42 Å². The van der Waals surface area contributed by atoms with Crippen molar-refractivity contribution >= 4 is 5.97 Å². The molecule has 0 aromatic heterocycles. The first-order chi connectivity index (χ1) is 21.1. The molecule has 0 amide bonds. The van der Waals surface area contributed by atoms with Crippen LogP contribution in [0.1, 0.15) is 90.9 Å². The quantitative estimate of drug-likeness (QED) is 0.0481. The monoisotopic (exact) mass is 726 g/mol. The number of unbranched alkanes of at least 4 members (excludes halogenated alkanes) is 8. The molecule has 278 valence electrons. The Hall–Kier alpha value is -2.24. The first kappa shape index (κ1) is 44.8. The van der Waals surface area contributed by atoms with Crippen molar-refractivity contribution in [2.45, 2.75) is 145 Å². The fourth-order valence-electron chi connectivity index (χ4n) is 3.84. The van der Waals surface area contributed by atoms with Gasteiger partial charge in [-0.15, -0.1) is 0 Å². The summed E-state index contributed by atoms with van der Waals surface area (Å²) < 4.78 is 232. The van der Waals surface area contributed by atoms with Gasteiger partial charge in [0.25, 0.3) is 0 Å². The fraction of sp³-hybridized carbons (Fsp3) is 0.821. The summed E-state index contributed by atoms with van der Waals surface area (Å²) in [5.41, 5.74) is 0. The minimum Gasteiger partial charge on any atom is -0.456 e. The van der Waals surface area contributed by atoms with Crippen LogP contribution in [-0.4, -0.2) is 59.7 Å². The SMILES string of the molecule is CCCCC/C=C\C/C=C\CCCCCCCC(=O)OC(C)C(F)(F)C(F)(F)C(F)(F)C(F)(F)C(F)(F)C(F)(F)C(F)(F)C(F)(F)F. The lowest BCUT2D eigenvalue weighted by molar-refractivity contribution is -0.463. The summed E-state index contributed by atoms with van der Waals surface area (Å²) in [6.45, 7) is 1.80. The van der Waals surface area contributed by atoms with Crippen molar-refractivity contribution in [3.8, 4) is 0 Å². The Bertz CT molecular complexity index is 1020. The van der Waals surface area contributed by atoms with Crippen molar-refractivity contribution in [3.63, 3.8) is 0 Å². The van der Waals surface area contributed by atoms with Gasteiger partial charge >= 0.3 is 53.6 Å². The lowest BCUT2D eigenvalue weighted by Crippen LogP contribution is -2.75. The molecule has 47 heavy (non-hydrogen) atoms. The van der Waals surface area contributed by atoms with E-state index in [0.717, 1.165) is 38.5 Å². The topological polar surface area (TPSA) is 26.3 Å². The molecule has 0 spiro atoms. The van der Waals surface area contributed by atoms with Gasteiger partial charge in [-0.3, -0.25) is 4.79 Å². The molecule has 1 atom stereocenters. The van der Waals surface area contributed by atoms with Crippen molar-refractivity contribution in [3.05, 3.63) is 24.3 Å². The highest BCUT2D eigenvalue weighted by atomic mass is 19.4. The van der Waals surface area contributed by atoms with Crippen LogP contribution in [0.15, 0.2) is 24.3 Å². The number of rotatable bonds is 22. The average Bonchev–Trinajstić information content (AvgIpc) is 2.93. The van der Waals surface area contributed by atoms with Crippen molar-refractivity contribution < 1.29 is 84.2 Å². The maximum Gasteiger partial charge on any atom is 0.460 e. The van der Waals surface area contributed by atoms with Gasteiger partial charge in [-0.1, -0.05) is 63.3 Å². The highest BCUT2D eigenvalue weighted by Crippen LogP contribution is 2.64. The molecule has 0 bridgehead atoms. The number of halogens is 17. The predicted molar refractivity (Wildman–Crippen MR) is 136 cm³/mol. The summed E-state index contributed by atoms with van der Waals surface area (Å²) in [5.74, 6) is -59.1. The number of alkyl halides is 17. The van der Waals surface area contributed by atoms with Gasteiger partial charge in [0.05, 0.1) is 0 Å². The number of hydrogen-bond donors (Lipinski definition) is 0. The molecule has 0 N–H and O–H groups in total. The maximum atomic E-state index is 14.2. The maximum absolute atomic E-state index is 14.2. The summed E-state index contributed by atoms with van der Waals surface area (Å²) >= 11 is 0. The van der Waals surface area contributed by atoms with E-state index in [9.17, 15) is 79.4 Å². The second-order valence-electron chi connectivity index (χ2n) is 10.7. The Morgan fingerprint density at radius 2 is 0.915 bits per heavy atom. The fourth-order valence-corrected chi connectivity index (χ4v) is 3.84. The number of carbonyl (C=O) groups is 1. The van der Waals surface area contributed by atoms with Crippen LogP contribution in [0, 0.1) is 0 Å². The molecule has 0 aliphatic rings. The van der Waals surface area contributed by atoms with Gasteiger partial charge in [0.15, 0.2) is 6.10 Å². The highest BCUT2D eigenvalue weighted by molar-refractivity contribution is 5.69. The molecule has 0 rings (SSSR count). The van der Waals surface area contributed by atoms with Crippen LogP contribution in [0.25, 0.3) is 0 Å². The molecule has 0 saturated carbocycles. The molecule has 0 aliphatic carbocycles. The smallest absolute Gasteiger partial charge is 0.456 e. The van der Waals surface area contributed by atoms with Crippen molar-refractivity contribution in [2.24, 2.45) is 0 Å². The zero-order chi connectivity index (χ0) is 37.2. The highest BCUT2D eigenvalue weighted by Gasteiger charge is 2.95. The minimum atomic E-state index is -8.71. The average molecular weight is 727 g/mol. The predicted octanol–water partition coefficient (Wildman–Crippen LogP) is 11.7. The Morgan fingerprint density at radius 1 is 0.532 bits per heavy atom.